The zero-order chi connectivity index (χ0) is 9.92. The van der Waals surface area contributed by atoms with E-state index in [2.05, 4.69) is 13.8 Å². The van der Waals surface area contributed by atoms with Crippen molar-refractivity contribution in [3.8, 4) is 0 Å². The third-order valence-electron chi connectivity index (χ3n) is 4.64. The molecule has 4 fully saturated rings. The Hall–Kier alpha value is 0.310. The topological polar surface area (TPSA) is 9.23 Å². The van der Waals surface area contributed by atoms with Gasteiger partial charge in [0.2, 0.25) is 0 Å². The summed E-state index contributed by atoms with van der Waals surface area (Å²) < 4.78 is 13.1. The fraction of sp³-hybridized carbons (Fsp3) is 1.00. The molecule has 4 rings (SSSR count). The summed E-state index contributed by atoms with van der Waals surface area (Å²) in [5, 5.41) is 0.725. The Morgan fingerprint density at radius 1 is 1.46 bits per heavy atom. The minimum atomic E-state index is -0.308. The first-order valence-corrected chi connectivity index (χ1v) is 6.22. The van der Waals surface area contributed by atoms with Crippen LogP contribution in [0.3, 0.4) is 0 Å². The summed E-state index contributed by atoms with van der Waals surface area (Å²) in [6.45, 7) is 5.67. The van der Waals surface area contributed by atoms with Crippen LogP contribution in [-0.2, 0) is 4.74 Å². The Balaban J connectivity index is 1.79. The summed E-state index contributed by atoms with van der Waals surface area (Å²) in [6, 6.07) is 0. The Kier molecular flexibility index (Phi) is 1.55. The van der Waals surface area contributed by atoms with Crippen LogP contribution in [0.4, 0.5) is 0 Å². The average Bonchev–Trinajstić information content (AvgIpc) is 2.16. The van der Waals surface area contributed by atoms with Crippen molar-refractivity contribution in [1.82, 2.24) is 0 Å². The van der Waals surface area contributed by atoms with Gasteiger partial charge in [0.25, 0.3) is 0 Å². The van der Waals surface area contributed by atoms with Crippen LogP contribution in [0, 0.1) is 23.2 Å². The van der Waals surface area contributed by atoms with Crippen molar-refractivity contribution in [2.45, 2.75) is 31.9 Å². The molecule has 1 nitrogen and oxygen atoms in total. The Morgan fingerprint density at radius 3 is 3.08 bits per heavy atom. The van der Waals surface area contributed by atoms with Gasteiger partial charge in [0.05, 0.1) is 13.9 Å². The monoisotopic (exact) mass is 199 g/mol. The molecule has 3 saturated carbocycles. The first-order chi connectivity index (χ1) is 6.59. The Bertz CT molecular complexity index is 256. The fourth-order valence-corrected chi connectivity index (χ4v) is 4.65. The van der Waals surface area contributed by atoms with Crippen molar-refractivity contribution in [1.29, 1.82) is 0 Å². The van der Waals surface area contributed by atoms with Gasteiger partial charge >= 0.3 is 0 Å². The van der Waals surface area contributed by atoms with E-state index in [1.807, 2.05) is 0 Å². The van der Waals surface area contributed by atoms with Gasteiger partial charge in [-0.05, 0) is 36.0 Å². The van der Waals surface area contributed by atoms with Gasteiger partial charge in [0, 0.05) is 5.25 Å². The van der Waals surface area contributed by atoms with E-state index in [0.717, 1.165) is 29.6 Å². The minimum Gasteiger partial charge on any atom is -0.371 e. The van der Waals surface area contributed by atoms with Gasteiger partial charge in [-0.2, -0.15) is 0 Å². The van der Waals surface area contributed by atoms with Crippen molar-refractivity contribution >= 4 is 11.8 Å². The molecule has 1 saturated heterocycles. The molecule has 13 heavy (non-hydrogen) atoms. The molecule has 3 aliphatic carbocycles. The summed E-state index contributed by atoms with van der Waals surface area (Å²) in [4.78, 5) is 0. The summed E-state index contributed by atoms with van der Waals surface area (Å²) in [5.74, 6) is 2.22. The van der Waals surface area contributed by atoms with Crippen LogP contribution in [0.2, 0.25) is 0 Å². The van der Waals surface area contributed by atoms with Crippen molar-refractivity contribution in [2.75, 3.05) is 12.5 Å². The molecule has 2 bridgehead atoms. The Morgan fingerprint density at radius 2 is 2.31 bits per heavy atom. The van der Waals surface area contributed by atoms with Gasteiger partial charge in [-0.15, -0.1) is 11.8 Å². The van der Waals surface area contributed by atoms with Crippen LogP contribution >= 0.6 is 11.8 Å². The van der Waals surface area contributed by atoms with E-state index in [1.54, 1.807) is 11.8 Å². The van der Waals surface area contributed by atoms with Crippen molar-refractivity contribution in [2.24, 2.45) is 23.2 Å². The lowest BCUT2D eigenvalue weighted by atomic mass is 9.45. The van der Waals surface area contributed by atoms with Crippen molar-refractivity contribution in [3.05, 3.63) is 0 Å². The SMILES string of the molecule is [2H]C1OC[C@@H]2[C@H](C[C@H]3C[C@@H]2C3(C)C)S1. The highest BCUT2D eigenvalue weighted by Gasteiger charge is 2.58. The lowest BCUT2D eigenvalue weighted by Crippen LogP contribution is -2.58. The quantitative estimate of drug-likeness (QED) is 0.593. The van der Waals surface area contributed by atoms with E-state index in [1.165, 1.54) is 12.8 Å². The van der Waals surface area contributed by atoms with E-state index in [0.29, 0.717) is 5.41 Å². The van der Waals surface area contributed by atoms with E-state index in [-0.39, 0.29) is 5.91 Å². The molecule has 0 amide bonds. The van der Waals surface area contributed by atoms with E-state index < -0.39 is 0 Å². The molecular weight excluding hydrogens is 180 g/mol. The number of hydrogen-bond acceptors (Lipinski definition) is 2. The van der Waals surface area contributed by atoms with Crippen LogP contribution < -0.4 is 0 Å². The summed E-state index contributed by atoms with van der Waals surface area (Å²) in [5.41, 5.74) is 0.556. The standard InChI is InChI=1S/C11H18OS/c1-11(2)7-3-9(11)8-5-12-6-13-10(8)4-7/h7-10H,3-6H2,1-2H3/t7-,8+,9+,10+/m1/s1/i6D/t6?,7-,8+,9+,10+. The second-order valence-corrected chi connectivity index (χ2v) is 6.43. The van der Waals surface area contributed by atoms with Gasteiger partial charge in [-0.25, -0.2) is 0 Å². The molecule has 1 aliphatic heterocycles. The maximum absolute atomic E-state index is 7.62. The molecule has 5 atom stereocenters. The highest BCUT2D eigenvalue weighted by atomic mass is 32.2. The second kappa shape index (κ2) is 2.66. The molecule has 0 aromatic rings. The second-order valence-electron chi connectivity index (χ2n) is 5.36. The maximum Gasteiger partial charge on any atom is 0.0923 e. The van der Waals surface area contributed by atoms with E-state index >= 15 is 0 Å². The molecule has 1 unspecified atom stereocenters. The van der Waals surface area contributed by atoms with Crippen molar-refractivity contribution < 1.29 is 6.11 Å². The lowest BCUT2D eigenvalue weighted by molar-refractivity contribution is -0.121. The highest BCUT2D eigenvalue weighted by Crippen LogP contribution is 2.63. The molecule has 0 aromatic heterocycles. The predicted molar refractivity (Wildman–Crippen MR) is 55.7 cm³/mol. The van der Waals surface area contributed by atoms with Gasteiger partial charge < -0.3 is 4.74 Å². The molecule has 0 radical (unpaired) electrons. The number of hydrogen-bond donors (Lipinski definition) is 0. The van der Waals surface area contributed by atoms with Crippen LogP contribution in [0.15, 0.2) is 0 Å². The summed E-state index contributed by atoms with van der Waals surface area (Å²) in [7, 11) is 0. The first-order valence-electron chi connectivity index (χ1n) is 5.86. The van der Waals surface area contributed by atoms with Gasteiger partial charge in [0.1, 0.15) is 0 Å². The first kappa shape index (κ1) is 7.58. The maximum atomic E-state index is 7.62. The van der Waals surface area contributed by atoms with Crippen LogP contribution in [0.5, 0.6) is 0 Å². The van der Waals surface area contributed by atoms with E-state index in [9.17, 15) is 0 Å². The molecule has 4 aliphatic rings. The predicted octanol–water partition coefficient (Wildman–Crippen LogP) is 2.76. The minimum absolute atomic E-state index is 0.308. The number of thioether (sulfide) groups is 1. The molecule has 74 valence electrons. The molecule has 0 aromatic carbocycles. The third kappa shape index (κ3) is 1.05. The highest BCUT2D eigenvalue weighted by molar-refractivity contribution is 7.99. The zero-order valence-electron chi connectivity index (χ0n) is 9.32. The van der Waals surface area contributed by atoms with Gasteiger partial charge in [-0.3, -0.25) is 0 Å². The average molecular weight is 199 g/mol. The summed E-state index contributed by atoms with van der Waals surface area (Å²) in [6.07, 6.45) is 2.75. The molecule has 0 spiro atoms. The molecule has 1 heterocycles. The third-order valence-corrected chi connectivity index (χ3v) is 5.78. The fourth-order valence-electron chi connectivity index (χ4n) is 3.54. The van der Waals surface area contributed by atoms with Crippen LogP contribution in [0.25, 0.3) is 0 Å². The number of rotatable bonds is 0. The van der Waals surface area contributed by atoms with E-state index in [4.69, 9.17) is 6.11 Å². The zero-order valence-corrected chi connectivity index (χ0v) is 9.14. The summed E-state index contributed by atoms with van der Waals surface area (Å²) >= 11 is 1.75. The number of ether oxygens (including phenoxy) is 1. The van der Waals surface area contributed by atoms with Gasteiger partial charge in [-0.1, -0.05) is 13.8 Å². The van der Waals surface area contributed by atoms with Gasteiger partial charge in [0.15, 0.2) is 0 Å². The van der Waals surface area contributed by atoms with Crippen LogP contribution in [0.1, 0.15) is 28.1 Å². The Labute approximate surface area is 86.0 Å². The van der Waals surface area contributed by atoms with Crippen molar-refractivity contribution in [3.63, 3.8) is 0 Å². The molecular formula is C11H18OS. The lowest BCUT2D eigenvalue weighted by Gasteiger charge is -2.63. The smallest absolute Gasteiger partial charge is 0.0923 e. The normalized spacial score (nSPS) is 58.9. The largest absolute Gasteiger partial charge is 0.371 e. The molecule has 2 heteroatoms. The van der Waals surface area contributed by atoms with Crippen LogP contribution in [-0.4, -0.2) is 17.8 Å². The molecule has 0 N–H and O–H groups in total.